The Bertz CT molecular complexity index is 566. The summed E-state index contributed by atoms with van der Waals surface area (Å²) in [5, 5.41) is 18.6. The van der Waals surface area contributed by atoms with Gasteiger partial charge in [0, 0.05) is 18.2 Å². The molecule has 18 heavy (non-hydrogen) atoms. The van der Waals surface area contributed by atoms with Crippen molar-refractivity contribution in [2.75, 3.05) is 6.61 Å². The van der Waals surface area contributed by atoms with Crippen LogP contribution >= 0.6 is 12.8 Å². The highest BCUT2D eigenvalue weighted by Gasteiger charge is 2.35. The Hall–Kier alpha value is -1.09. The fraction of sp³-hybridized carbons (Fsp3) is 0.600. The van der Waals surface area contributed by atoms with Crippen molar-refractivity contribution in [3.8, 4) is 0 Å². The largest absolute Gasteiger partial charge is 0.394 e. The Labute approximate surface area is 108 Å². The third-order valence-corrected chi connectivity index (χ3v) is 3.31. The van der Waals surface area contributed by atoms with Crippen molar-refractivity contribution >= 4 is 12.8 Å². The van der Waals surface area contributed by atoms with Gasteiger partial charge in [-0.1, -0.05) is 12.8 Å². The van der Waals surface area contributed by atoms with Crippen molar-refractivity contribution in [3.63, 3.8) is 0 Å². The molecule has 100 valence electrons. The lowest BCUT2D eigenvalue weighted by molar-refractivity contribution is -0.0460. The first-order valence-electron chi connectivity index (χ1n) is 5.44. The highest BCUT2D eigenvalue weighted by molar-refractivity contribution is 7.78. The van der Waals surface area contributed by atoms with Crippen LogP contribution in [0.2, 0.25) is 0 Å². The zero-order chi connectivity index (χ0) is 13.4. The molecule has 0 amide bonds. The smallest absolute Gasteiger partial charge is 0.343 e. The quantitative estimate of drug-likeness (QED) is 0.580. The van der Waals surface area contributed by atoms with Crippen LogP contribution in [0.3, 0.4) is 0 Å². The number of nitrogens with zero attached hydrogens (tertiary/aromatic N) is 2. The van der Waals surface area contributed by atoms with Crippen LogP contribution in [-0.4, -0.2) is 37.6 Å². The molecule has 0 aliphatic carbocycles. The molecular weight excluding hydrogens is 260 g/mol. The molecule has 1 aromatic heterocycles. The van der Waals surface area contributed by atoms with Gasteiger partial charge < -0.3 is 14.9 Å². The summed E-state index contributed by atoms with van der Waals surface area (Å²) >= 11 is 3.81. The lowest BCUT2D eigenvalue weighted by atomic mass is 10.2. The number of aromatic nitrogens is 2. The summed E-state index contributed by atoms with van der Waals surface area (Å²) in [6.45, 7) is 1.23. The number of rotatable bonds is 2. The Morgan fingerprint density at radius 2 is 2.22 bits per heavy atom. The van der Waals surface area contributed by atoms with Crippen LogP contribution < -0.4 is 11.2 Å². The number of hydrogen-bond donors (Lipinski definition) is 3. The van der Waals surface area contributed by atoms with Crippen LogP contribution in [0.5, 0.6) is 0 Å². The number of aliphatic hydroxyl groups excluding tert-OH is 2. The molecule has 0 saturated carbocycles. The number of thiol groups is 1. The second kappa shape index (κ2) is 4.88. The van der Waals surface area contributed by atoms with Crippen LogP contribution in [0.4, 0.5) is 0 Å². The third-order valence-electron chi connectivity index (χ3n) is 2.96. The van der Waals surface area contributed by atoms with E-state index in [4.69, 9.17) is 9.84 Å². The van der Waals surface area contributed by atoms with E-state index in [1.54, 1.807) is 6.92 Å². The van der Waals surface area contributed by atoms with E-state index in [-0.39, 0.29) is 13.0 Å². The summed E-state index contributed by atoms with van der Waals surface area (Å²) in [6, 6.07) is 0. The van der Waals surface area contributed by atoms with E-state index in [1.165, 1.54) is 10.8 Å². The van der Waals surface area contributed by atoms with Gasteiger partial charge in [-0.25, -0.2) is 8.77 Å². The van der Waals surface area contributed by atoms with Crippen LogP contribution in [-0.2, 0) is 4.74 Å². The molecule has 1 saturated heterocycles. The molecule has 0 unspecified atom stereocenters. The van der Waals surface area contributed by atoms with Gasteiger partial charge in [0.2, 0.25) is 0 Å². The van der Waals surface area contributed by atoms with Gasteiger partial charge in [-0.3, -0.25) is 9.36 Å². The first kappa shape index (κ1) is 13.3. The van der Waals surface area contributed by atoms with Crippen LogP contribution in [0.15, 0.2) is 15.8 Å². The first-order chi connectivity index (χ1) is 8.45. The normalized spacial score (nSPS) is 27.7. The standard InChI is InChI=1S/C10H14N2O5S/c1-5-3-11(10(16)12(18)9(5)15)8-2-6(14)7(4-13)17-8/h3,6-8,13-14,18H,2,4H2,1H3/t6-,7+,8+/m0/s1. The fourth-order valence-electron chi connectivity index (χ4n) is 1.94. The minimum absolute atomic E-state index is 0.177. The van der Waals surface area contributed by atoms with Crippen LogP contribution in [0.1, 0.15) is 18.2 Å². The number of hydrogen-bond acceptors (Lipinski definition) is 6. The highest BCUT2D eigenvalue weighted by Crippen LogP contribution is 2.27. The summed E-state index contributed by atoms with van der Waals surface area (Å²) in [7, 11) is 0. The predicted molar refractivity (Wildman–Crippen MR) is 65.7 cm³/mol. The zero-order valence-corrected chi connectivity index (χ0v) is 10.6. The third kappa shape index (κ3) is 2.12. The lowest BCUT2D eigenvalue weighted by Gasteiger charge is -2.15. The summed E-state index contributed by atoms with van der Waals surface area (Å²) in [4.78, 5) is 23.3. The van der Waals surface area contributed by atoms with Gasteiger partial charge in [-0.05, 0) is 6.92 Å². The first-order valence-corrected chi connectivity index (χ1v) is 5.84. The van der Waals surface area contributed by atoms with E-state index in [0.29, 0.717) is 9.54 Å². The van der Waals surface area contributed by atoms with Crippen LogP contribution in [0.25, 0.3) is 0 Å². The van der Waals surface area contributed by atoms with Crippen molar-refractivity contribution in [1.29, 1.82) is 0 Å². The zero-order valence-electron chi connectivity index (χ0n) is 9.68. The molecule has 0 spiro atoms. The molecule has 1 fully saturated rings. The van der Waals surface area contributed by atoms with Crippen LogP contribution in [0, 0.1) is 6.92 Å². The topological polar surface area (TPSA) is 93.7 Å². The minimum atomic E-state index is -0.840. The summed E-state index contributed by atoms with van der Waals surface area (Å²) < 4.78 is 7.24. The fourth-order valence-corrected chi connectivity index (χ4v) is 2.20. The van der Waals surface area contributed by atoms with E-state index >= 15 is 0 Å². The van der Waals surface area contributed by atoms with Gasteiger partial charge in [-0.15, -0.1) is 0 Å². The average Bonchev–Trinajstić information content (AvgIpc) is 2.72. The van der Waals surface area contributed by atoms with Gasteiger partial charge in [0.15, 0.2) is 0 Å². The second-order valence-corrected chi connectivity index (χ2v) is 4.63. The Morgan fingerprint density at radius 1 is 1.56 bits per heavy atom. The summed E-state index contributed by atoms with van der Waals surface area (Å²) in [5.74, 6) is 0. The molecule has 1 aliphatic rings. The minimum Gasteiger partial charge on any atom is -0.394 e. The Morgan fingerprint density at radius 3 is 2.78 bits per heavy atom. The van der Waals surface area contributed by atoms with E-state index in [9.17, 15) is 14.7 Å². The second-order valence-electron chi connectivity index (χ2n) is 4.23. The maximum absolute atomic E-state index is 11.9. The van der Waals surface area contributed by atoms with Crippen molar-refractivity contribution in [2.45, 2.75) is 31.8 Å². The molecule has 7 nitrogen and oxygen atoms in total. The predicted octanol–water partition coefficient (Wildman–Crippen LogP) is -1.35. The average molecular weight is 274 g/mol. The molecular formula is C10H14N2O5S. The highest BCUT2D eigenvalue weighted by atomic mass is 32.1. The molecule has 3 atom stereocenters. The molecule has 0 aromatic carbocycles. The van der Waals surface area contributed by atoms with Gasteiger partial charge in [-0.2, -0.15) is 0 Å². The summed E-state index contributed by atoms with van der Waals surface area (Å²) in [6.07, 6.45) is -0.720. The lowest BCUT2D eigenvalue weighted by Crippen LogP contribution is -2.38. The molecule has 1 aliphatic heterocycles. The Kier molecular flexibility index (Phi) is 3.62. The SMILES string of the molecule is Cc1cn([C@H]2C[C@H](O)[C@@H](CO)O2)c(=O)n(S)c1=O. The van der Waals surface area contributed by atoms with E-state index in [1.807, 2.05) is 0 Å². The van der Waals surface area contributed by atoms with Crippen molar-refractivity contribution in [3.05, 3.63) is 32.6 Å². The van der Waals surface area contributed by atoms with Crippen molar-refractivity contribution in [1.82, 2.24) is 8.54 Å². The van der Waals surface area contributed by atoms with E-state index in [2.05, 4.69) is 12.8 Å². The molecule has 0 radical (unpaired) electrons. The van der Waals surface area contributed by atoms with Gasteiger partial charge in [0.05, 0.1) is 12.7 Å². The summed E-state index contributed by atoms with van der Waals surface area (Å²) in [5.41, 5.74) is -0.781. The number of aliphatic hydroxyl groups is 2. The molecule has 8 heteroatoms. The van der Waals surface area contributed by atoms with Gasteiger partial charge in [0.25, 0.3) is 5.56 Å². The molecule has 2 rings (SSSR count). The maximum Gasteiger partial charge on any atom is 0.343 e. The van der Waals surface area contributed by atoms with Gasteiger partial charge in [0.1, 0.15) is 12.3 Å². The number of ether oxygens (including phenoxy) is 1. The van der Waals surface area contributed by atoms with Gasteiger partial charge >= 0.3 is 5.69 Å². The number of aryl methyl sites for hydroxylation is 1. The molecule has 1 aromatic rings. The van der Waals surface area contributed by atoms with Crippen molar-refractivity contribution < 1.29 is 14.9 Å². The van der Waals surface area contributed by atoms with E-state index in [0.717, 1.165) is 0 Å². The Balaban J connectivity index is 2.42. The van der Waals surface area contributed by atoms with E-state index < -0.39 is 29.7 Å². The molecule has 2 heterocycles. The molecule has 0 bridgehead atoms. The maximum atomic E-state index is 11.9. The monoisotopic (exact) mass is 274 g/mol. The molecule has 2 N–H and O–H groups in total. The van der Waals surface area contributed by atoms with Crippen molar-refractivity contribution in [2.24, 2.45) is 0 Å².